The highest BCUT2D eigenvalue weighted by Gasteiger charge is 2.19. The van der Waals surface area contributed by atoms with E-state index in [1.807, 2.05) is 10.9 Å². The minimum atomic E-state index is -0.535. The Kier molecular flexibility index (Phi) is 5.01. The zero-order valence-electron chi connectivity index (χ0n) is 15.0. The molecule has 0 radical (unpaired) electrons. The first-order valence-electron chi connectivity index (χ1n) is 8.96. The minimum absolute atomic E-state index is 0.0208. The second-order valence-electron chi connectivity index (χ2n) is 6.22. The molecule has 0 N–H and O–H groups in total. The van der Waals surface area contributed by atoms with Gasteiger partial charge in [0.2, 0.25) is 11.7 Å². The van der Waals surface area contributed by atoms with Crippen LogP contribution in [0.15, 0.2) is 33.6 Å². The predicted octanol–water partition coefficient (Wildman–Crippen LogP) is 2.99. The number of nitrogens with zero attached hydrogens (tertiary/aromatic N) is 4. The SMILES string of the molecule is CCOC(=O)c1cnc(Cc2cc(-c3cnn(C4CCCCO4)c3)no2)o1. The average Bonchev–Trinajstić information content (AvgIpc) is 3.43. The largest absolute Gasteiger partial charge is 0.460 e. The number of esters is 1. The molecule has 0 aliphatic carbocycles. The number of rotatable bonds is 6. The Morgan fingerprint density at radius 2 is 2.30 bits per heavy atom. The maximum Gasteiger partial charge on any atom is 0.375 e. The van der Waals surface area contributed by atoms with Gasteiger partial charge in [-0.15, -0.1) is 0 Å². The average molecular weight is 372 g/mol. The Morgan fingerprint density at radius 1 is 1.37 bits per heavy atom. The number of ether oxygens (including phenoxy) is 2. The van der Waals surface area contributed by atoms with Gasteiger partial charge in [0.05, 0.1) is 25.4 Å². The molecule has 4 heterocycles. The van der Waals surface area contributed by atoms with Crippen LogP contribution in [0.3, 0.4) is 0 Å². The third-order valence-corrected chi connectivity index (χ3v) is 4.26. The van der Waals surface area contributed by atoms with Gasteiger partial charge in [-0.2, -0.15) is 5.10 Å². The lowest BCUT2D eigenvalue weighted by molar-refractivity contribution is -0.0394. The van der Waals surface area contributed by atoms with Crippen molar-refractivity contribution in [2.45, 2.75) is 38.8 Å². The van der Waals surface area contributed by atoms with Crippen molar-refractivity contribution in [2.24, 2.45) is 0 Å². The van der Waals surface area contributed by atoms with Crippen molar-refractivity contribution in [3.63, 3.8) is 0 Å². The Hall–Kier alpha value is -2.94. The van der Waals surface area contributed by atoms with Crippen LogP contribution in [0, 0.1) is 0 Å². The van der Waals surface area contributed by atoms with Crippen molar-refractivity contribution in [1.82, 2.24) is 19.9 Å². The Bertz CT molecular complexity index is 906. The van der Waals surface area contributed by atoms with Crippen LogP contribution in [0.5, 0.6) is 0 Å². The van der Waals surface area contributed by atoms with Crippen LogP contribution in [0.4, 0.5) is 0 Å². The topological polar surface area (TPSA) is 105 Å². The molecule has 1 fully saturated rings. The lowest BCUT2D eigenvalue weighted by Crippen LogP contribution is -2.18. The normalized spacial score (nSPS) is 17.1. The zero-order valence-corrected chi connectivity index (χ0v) is 15.0. The van der Waals surface area contributed by atoms with Gasteiger partial charge in [0.25, 0.3) is 0 Å². The monoisotopic (exact) mass is 372 g/mol. The summed E-state index contributed by atoms with van der Waals surface area (Å²) in [5.41, 5.74) is 1.52. The fraction of sp³-hybridized carbons (Fsp3) is 0.444. The van der Waals surface area contributed by atoms with Gasteiger partial charge in [0, 0.05) is 24.4 Å². The highest BCUT2D eigenvalue weighted by molar-refractivity contribution is 5.85. The Balaban J connectivity index is 1.43. The van der Waals surface area contributed by atoms with E-state index >= 15 is 0 Å². The van der Waals surface area contributed by atoms with E-state index < -0.39 is 5.97 Å². The first kappa shape index (κ1) is 17.5. The fourth-order valence-electron chi connectivity index (χ4n) is 2.93. The molecule has 1 unspecified atom stereocenters. The minimum Gasteiger partial charge on any atom is -0.460 e. The van der Waals surface area contributed by atoms with Crippen molar-refractivity contribution in [2.75, 3.05) is 13.2 Å². The molecule has 1 saturated heterocycles. The fourth-order valence-corrected chi connectivity index (χ4v) is 2.93. The van der Waals surface area contributed by atoms with Gasteiger partial charge in [0.1, 0.15) is 17.7 Å². The predicted molar refractivity (Wildman–Crippen MR) is 91.8 cm³/mol. The molecule has 1 aliphatic rings. The molecular formula is C18H20N4O5. The number of hydrogen-bond acceptors (Lipinski definition) is 8. The standard InChI is InChI=1S/C18H20N4O5/c1-2-24-18(23)15-10-19-16(26-15)8-13-7-14(21-27-13)12-9-20-22(11-12)17-5-3-4-6-25-17/h7,9-11,17H,2-6,8H2,1H3. The maximum absolute atomic E-state index is 11.6. The molecule has 1 aliphatic heterocycles. The molecule has 0 amide bonds. The smallest absolute Gasteiger partial charge is 0.375 e. The molecule has 0 aromatic carbocycles. The summed E-state index contributed by atoms with van der Waals surface area (Å²) in [6, 6.07) is 1.80. The van der Waals surface area contributed by atoms with E-state index in [0.29, 0.717) is 17.3 Å². The number of carbonyl (C=O) groups excluding carboxylic acids is 1. The Morgan fingerprint density at radius 3 is 3.11 bits per heavy atom. The summed E-state index contributed by atoms with van der Waals surface area (Å²) in [5.74, 6) is 0.461. The van der Waals surface area contributed by atoms with E-state index in [1.165, 1.54) is 6.20 Å². The zero-order chi connectivity index (χ0) is 18.6. The van der Waals surface area contributed by atoms with Crippen LogP contribution < -0.4 is 0 Å². The first-order valence-corrected chi connectivity index (χ1v) is 8.96. The van der Waals surface area contributed by atoms with Crippen LogP contribution in [-0.4, -0.2) is 39.1 Å². The Labute approximate surface area is 155 Å². The third-order valence-electron chi connectivity index (χ3n) is 4.26. The second-order valence-corrected chi connectivity index (χ2v) is 6.22. The summed E-state index contributed by atoms with van der Waals surface area (Å²) in [6.45, 7) is 2.77. The molecule has 0 bridgehead atoms. The molecule has 0 spiro atoms. The van der Waals surface area contributed by atoms with Gasteiger partial charge >= 0.3 is 5.97 Å². The summed E-state index contributed by atoms with van der Waals surface area (Å²) in [7, 11) is 0. The molecule has 1 atom stereocenters. The van der Waals surface area contributed by atoms with Crippen molar-refractivity contribution >= 4 is 5.97 Å². The van der Waals surface area contributed by atoms with Crippen LogP contribution in [0.25, 0.3) is 11.3 Å². The summed E-state index contributed by atoms with van der Waals surface area (Å²) in [4.78, 5) is 15.7. The summed E-state index contributed by atoms with van der Waals surface area (Å²) >= 11 is 0. The molecule has 27 heavy (non-hydrogen) atoms. The van der Waals surface area contributed by atoms with E-state index in [4.69, 9.17) is 18.4 Å². The van der Waals surface area contributed by atoms with Gasteiger partial charge in [-0.1, -0.05) is 5.16 Å². The van der Waals surface area contributed by atoms with Crippen LogP contribution in [0.1, 0.15) is 54.6 Å². The van der Waals surface area contributed by atoms with Gasteiger partial charge < -0.3 is 18.4 Å². The molecule has 0 saturated carbocycles. The molecule has 9 nitrogen and oxygen atoms in total. The molecule has 3 aromatic rings. The first-order chi connectivity index (χ1) is 13.2. The van der Waals surface area contributed by atoms with Gasteiger partial charge in [0.15, 0.2) is 0 Å². The quantitative estimate of drug-likeness (QED) is 0.608. The van der Waals surface area contributed by atoms with E-state index in [1.54, 1.807) is 19.2 Å². The number of aromatic nitrogens is 4. The van der Waals surface area contributed by atoms with Crippen LogP contribution in [-0.2, 0) is 15.9 Å². The van der Waals surface area contributed by atoms with Crippen molar-refractivity contribution in [3.05, 3.63) is 42.1 Å². The summed E-state index contributed by atoms with van der Waals surface area (Å²) in [6.07, 6.45) is 8.44. The van der Waals surface area contributed by atoms with E-state index in [0.717, 1.165) is 31.4 Å². The summed E-state index contributed by atoms with van der Waals surface area (Å²) < 4.78 is 23.2. The van der Waals surface area contributed by atoms with Crippen LogP contribution >= 0.6 is 0 Å². The van der Waals surface area contributed by atoms with Gasteiger partial charge in [-0.05, 0) is 26.2 Å². The maximum atomic E-state index is 11.6. The molecule has 3 aromatic heterocycles. The number of hydrogen-bond donors (Lipinski definition) is 0. The lowest BCUT2D eigenvalue weighted by Gasteiger charge is -2.22. The molecule has 4 rings (SSSR count). The van der Waals surface area contributed by atoms with E-state index in [9.17, 15) is 4.79 Å². The van der Waals surface area contributed by atoms with E-state index in [2.05, 4.69) is 15.2 Å². The molecular weight excluding hydrogens is 352 g/mol. The van der Waals surface area contributed by atoms with Crippen molar-refractivity contribution < 1.29 is 23.2 Å². The summed E-state index contributed by atoms with van der Waals surface area (Å²) in [5, 5.41) is 8.46. The molecule has 142 valence electrons. The third kappa shape index (κ3) is 3.92. The highest BCUT2D eigenvalue weighted by atomic mass is 16.5. The van der Waals surface area contributed by atoms with Gasteiger partial charge in [-0.25, -0.2) is 14.5 Å². The van der Waals surface area contributed by atoms with Crippen molar-refractivity contribution in [1.29, 1.82) is 0 Å². The van der Waals surface area contributed by atoms with E-state index in [-0.39, 0.29) is 25.0 Å². The number of oxazole rings is 1. The number of carbonyl (C=O) groups is 1. The van der Waals surface area contributed by atoms with Crippen molar-refractivity contribution in [3.8, 4) is 11.3 Å². The lowest BCUT2D eigenvalue weighted by atomic mass is 10.2. The highest BCUT2D eigenvalue weighted by Crippen LogP contribution is 2.25. The molecule has 9 heteroatoms. The second kappa shape index (κ2) is 7.75. The van der Waals surface area contributed by atoms with Crippen LogP contribution in [0.2, 0.25) is 0 Å². The van der Waals surface area contributed by atoms with Gasteiger partial charge in [-0.3, -0.25) is 0 Å².